The van der Waals surface area contributed by atoms with Crippen LogP contribution in [0.15, 0.2) is 0 Å². The van der Waals surface area contributed by atoms with Gasteiger partial charge in [-0.3, -0.25) is 9.59 Å². The third-order valence-corrected chi connectivity index (χ3v) is 2.57. The average molecular weight is 514 g/mol. The van der Waals surface area contributed by atoms with Gasteiger partial charge in [0.2, 0.25) is 12.2 Å². The SMILES string of the molecule is O=C(O)CC(OC(=O)C(O)C(O)C(=O)OC(CC(=O)O)C(=O)O)C(=O)O.[CaH2].[CaH2].[NaH].[NaH]. The van der Waals surface area contributed by atoms with Gasteiger partial charge in [-0.15, -0.1) is 0 Å². The topological polar surface area (TPSA) is 242 Å². The summed E-state index contributed by atoms with van der Waals surface area (Å²) < 4.78 is 8.25. The minimum atomic E-state index is -2.75. The summed E-state index contributed by atoms with van der Waals surface area (Å²) >= 11 is 0. The summed E-state index contributed by atoms with van der Waals surface area (Å²) in [5.74, 6) is -10.9. The van der Waals surface area contributed by atoms with E-state index in [4.69, 9.17) is 20.4 Å². The molecule has 18 heteroatoms. The summed E-state index contributed by atoms with van der Waals surface area (Å²) in [7, 11) is 0. The first-order valence-corrected chi connectivity index (χ1v) is 6.53. The van der Waals surface area contributed by atoms with Gasteiger partial charge in [-0.25, -0.2) is 19.2 Å². The van der Waals surface area contributed by atoms with Gasteiger partial charge in [0.25, 0.3) is 0 Å². The van der Waals surface area contributed by atoms with Crippen molar-refractivity contribution in [2.24, 2.45) is 0 Å². The molecule has 0 heterocycles. The predicted molar refractivity (Wildman–Crippen MR) is 103 cm³/mol. The predicted octanol–water partition coefficient (Wildman–Crippen LogP) is -6.48. The van der Waals surface area contributed by atoms with Crippen LogP contribution in [0.1, 0.15) is 12.8 Å². The molecule has 0 saturated carbocycles. The van der Waals surface area contributed by atoms with Crippen molar-refractivity contribution < 1.29 is 68.9 Å². The minimum absolute atomic E-state index is 0. The van der Waals surface area contributed by atoms with E-state index in [0.717, 1.165) is 0 Å². The fourth-order valence-corrected chi connectivity index (χ4v) is 1.35. The molecule has 0 aliphatic heterocycles. The molecule has 4 unspecified atom stereocenters. The number of aliphatic carboxylic acids is 4. The molecule has 0 aromatic carbocycles. The second-order valence-corrected chi connectivity index (χ2v) is 4.61. The summed E-state index contributed by atoms with van der Waals surface area (Å²) in [6.45, 7) is 0. The molecule has 0 amide bonds. The molecule has 0 saturated heterocycles. The molecule has 0 radical (unpaired) electrons. The van der Waals surface area contributed by atoms with E-state index in [2.05, 4.69) is 9.47 Å². The number of carbonyl (C=O) groups is 6. The Kier molecular flexibility index (Phi) is 28.8. The van der Waals surface area contributed by atoms with Gasteiger partial charge >= 0.3 is 170 Å². The van der Waals surface area contributed by atoms with Gasteiger partial charge in [0.05, 0.1) is 12.8 Å². The molecule has 0 spiro atoms. The fraction of sp³-hybridized carbons (Fsp3) is 0.500. The number of ether oxygens (including phenoxy) is 2. The molecule has 14 nitrogen and oxygen atoms in total. The Labute approximate surface area is 272 Å². The molecule has 0 aliphatic rings. The van der Waals surface area contributed by atoms with Crippen LogP contribution >= 0.6 is 0 Å². The second kappa shape index (κ2) is 20.8. The monoisotopic (exact) mass is 514 g/mol. The Morgan fingerprint density at radius 2 is 0.833 bits per heavy atom. The van der Waals surface area contributed by atoms with Gasteiger partial charge in [0.15, 0.2) is 12.2 Å². The molecule has 0 bridgehead atoms. The first-order valence-electron chi connectivity index (χ1n) is 6.53. The van der Waals surface area contributed by atoms with Crippen molar-refractivity contribution in [1.82, 2.24) is 0 Å². The van der Waals surface area contributed by atoms with E-state index >= 15 is 0 Å². The number of hydrogen-bond acceptors (Lipinski definition) is 10. The van der Waals surface area contributed by atoms with Crippen molar-refractivity contribution in [2.45, 2.75) is 37.3 Å². The van der Waals surface area contributed by atoms with Crippen LogP contribution in [-0.4, -0.2) is 225 Å². The quantitative estimate of drug-likeness (QED) is 0.111. The van der Waals surface area contributed by atoms with Crippen molar-refractivity contribution in [3.8, 4) is 0 Å². The van der Waals surface area contributed by atoms with Gasteiger partial charge in [0.1, 0.15) is 0 Å². The van der Waals surface area contributed by atoms with Crippen LogP contribution < -0.4 is 0 Å². The van der Waals surface area contributed by atoms with Crippen LogP contribution in [0.4, 0.5) is 0 Å². The zero-order valence-corrected chi connectivity index (χ0v) is 12.7. The molecule has 0 rings (SSSR count). The Balaban J connectivity index is -0.000000521. The van der Waals surface area contributed by atoms with E-state index in [0.29, 0.717) is 0 Å². The summed E-state index contributed by atoms with van der Waals surface area (Å²) in [5, 5.41) is 53.1. The summed E-state index contributed by atoms with van der Waals surface area (Å²) in [4.78, 5) is 65.3. The molecule has 0 fully saturated rings. The summed E-state index contributed by atoms with van der Waals surface area (Å²) in [6, 6.07) is 0. The van der Waals surface area contributed by atoms with Crippen LogP contribution in [0.25, 0.3) is 0 Å². The van der Waals surface area contributed by atoms with Crippen molar-refractivity contribution in [1.29, 1.82) is 0 Å². The molecule has 0 aromatic heterocycles. The standard InChI is InChI=1S/C12H14O14.2Ca.2Na.6H/c13-5(14)1-3(9(19)20)25-11(23)7(17)8(18)12(24)26-4(10(21)22)2-6(15)16;;;;;;;;;;/h3-4,7-8,17-18H,1-2H2,(H,13,14)(H,15,16)(H,19,20)(H,21,22);;;;;;;;;;. The summed E-state index contributed by atoms with van der Waals surface area (Å²) in [6.07, 6.45) is -12.4. The number of carboxylic acids is 4. The maximum atomic E-state index is 11.5. The number of esters is 2. The van der Waals surface area contributed by atoms with Crippen LogP contribution in [0.3, 0.4) is 0 Å². The first-order chi connectivity index (χ1) is 11.9. The van der Waals surface area contributed by atoms with E-state index in [1.54, 1.807) is 0 Å². The Bertz CT molecular complexity index is 564. The van der Waals surface area contributed by atoms with Crippen molar-refractivity contribution in [3.63, 3.8) is 0 Å². The van der Waals surface area contributed by atoms with Crippen molar-refractivity contribution in [3.05, 3.63) is 0 Å². The second-order valence-electron chi connectivity index (χ2n) is 4.61. The third-order valence-electron chi connectivity index (χ3n) is 2.57. The number of aliphatic hydroxyl groups is 2. The van der Waals surface area contributed by atoms with Crippen molar-refractivity contribution in [2.75, 3.05) is 0 Å². The Hall–Kier alpha value is 1.26. The molecule has 158 valence electrons. The molecule has 4 atom stereocenters. The van der Waals surface area contributed by atoms with Crippen molar-refractivity contribution >= 4 is 170 Å². The van der Waals surface area contributed by atoms with Crippen LogP contribution in [0, 0.1) is 0 Å². The zero-order chi connectivity index (χ0) is 20.6. The van der Waals surface area contributed by atoms with E-state index in [-0.39, 0.29) is 135 Å². The average Bonchev–Trinajstić information content (AvgIpc) is 2.50. The normalized spacial score (nSPS) is 13.0. The number of carbonyl (C=O) groups excluding carboxylic acids is 2. The molecular formula is C12H20Ca2Na2O14. The molecular weight excluding hydrogens is 494 g/mol. The van der Waals surface area contributed by atoms with E-state index < -0.39 is 73.1 Å². The molecule has 6 N–H and O–H groups in total. The first kappa shape index (κ1) is 41.5. The van der Waals surface area contributed by atoms with Crippen LogP contribution in [0.5, 0.6) is 0 Å². The number of aliphatic hydroxyl groups excluding tert-OH is 2. The van der Waals surface area contributed by atoms with Crippen LogP contribution in [0.2, 0.25) is 0 Å². The van der Waals surface area contributed by atoms with Crippen LogP contribution in [-0.2, 0) is 38.2 Å². The van der Waals surface area contributed by atoms with Gasteiger partial charge < -0.3 is 40.1 Å². The Morgan fingerprint density at radius 3 is 1.00 bits per heavy atom. The Morgan fingerprint density at radius 1 is 0.600 bits per heavy atom. The van der Waals surface area contributed by atoms with Gasteiger partial charge in [-0.2, -0.15) is 0 Å². The van der Waals surface area contributed by atoms with Gasteiger partial charge in [0, 0.05) is 0 Å². The third kappa shape index (κ3) is 16.8. The number of carboxylic acid groups (broad SMARTS) is 4. The van der Waals surface area contributed by atoms with E-state index in [1.165, 1.54) is 0 Å². The fourth-order valence-electron chi connectivity index (χ4n) is 1.35. The molecule has 30 heavy (non-hydrogen) atoms. The number of hydrogen-bond donors (Lipinski definition) is 6. The molecule has 0 aliphatic carbocycles. The summed E-state index contributed by atoms with van der Waals surface area (Å²) in [5.41, 5.74) is 0. The molecule has 0 aromatic rings. The van der Waals surface area contributed by atoms with E-state index in [1.807, 2.05) is 0 Å². The van der Waals surface area contributed by atoms with Gasteiger partial charge in [-0.1, -0.05) is 0 Å². The number of rotatable bonds is 11. The van der Waals surface area contributed by atoms with Gasteiger partial charge in [-0.05, 0) is 0 Å². The zero-order valence-electron chi connectivity index (χ0n) is 12.7. The van der Waals surface area contributed by atoms with E-state index in [9.17, 15) is 39.0 Å². The maximum absolute atomic E-state index is 11.5.